The molecule has 0 saturated carbocycles. The van der Waals surface area contributed by atoms with E-state index in [9.17, 15) is 0 Å². The summed E-state index contributed by atoms with van der Waals surface area (Å²) >= 11 is 6.26. The van der Waals surface area contributed by atoms with Crippen LogP contribution in [0.4, 0.5) is 0 Å². The van der Waals surface area contributed by atoms with Gasteiger partial charge in [-0.25, -0.2) is 0 Å². The third-order valence-corrected chi connectivity index (χ3v) is 3.30. The number of nitriles is 1. The van der Waals surface area contributed by atoms with Crippen molar-refractivity contribution in [3.8, 4) is 17.6 Å². The number of ether oxygens (including phenoxy) is 2. The van der Waals surface area contributed by atoms with Gasteiger partial charge in [0.15, 0.2) is 11.5 Å². The molecule has 0 unspecified atom stereocenters. The van der Waals surface area contributed by atoms with Gasteiger partial charge in [0, 0.05) is 23.1 Å². The monoisotopic (exact) mass is 265 g/mol. The average molecular weight is 266 g/mol. The molecule has 0 spiro atoms. The van der Waals surface area contributed by atoms with Gasteiger partial charge in [-0.3, -0.25) is 0 Å². The second kappa shape index (κ2) is 5.49. The van der Waals surface area contributed by atoms with Gasteiger partial charge in [-0.15, -0.1) is 0 Å². The van der Waals surface area contributed by atoms with Crippen LogP contribution in [-0.4, -0.2) is 13.2 Å². The first-order chi connectivity index (χ1) is 8.65. The maximum absolute atomic E-state index is 8.93. The van der Waals surface area contributed by atoms with E-state index >= 15 is 0 Å². The number of rotatable bonds is 2. The van der Waals surface area contributed by atoms with Gasteiger partial charge >= 0.3 is 0 Å². The van der Waals surface area contributed by atoms with Crippen molar-refractivity contribution in [3.05, 3.63) is 22.2 Å². The summed E-state index contributed by atoms with van der Waals surface area (Å²) < 4.78 is 11.5. The fraction of sp³-hybridized carbons (Fsp3) is 0.500. The highest BCUT2D eigenvalue weighted by Gasteiger charge is 2.23. The Morgan fingerprint density at radius 2 is 2.11 bits per heavy atom. The number of benzene rings is 1. The van der Waals surface area contributed by atoms with Crippen LogP contribution in [0.3, 0.4) is 0 Å². The first-order valence-electron chi connectivity index (χ1n) is 6.13. The summed E-state index contributed by atoms with van der Waals surface area (Å²) in [5.41, 5.74) is 1.86. The van der Waals surface area contributed by atoms with E-state index in [2.05, 4.69) is 19.9 Å². The van der Waals surface area contributed by atoms with Gasteiger partial charge in [-0.2, -0.15) is 5.26 Å². The molecule has 0 atom stereocenters. The first kappa shape index (κ1) is 13.0. The summed E-state index contributed by atoms with van der Waals surface area (Å²) in [6.07, 6.45) is 1.15. The van der Waals surface area contributed by atoms with Crippen LogP contribution < -0.4 is 9.47 Å². The second-order valence-electron chi connectivity index (χ2n) is 4.62. The molecule has 0 bridgehead atoms. The van der Waals surface area contributed by atoms with Crippen LogP contribution >= 0.6 is 11.6 Å². The predicted molar refractivity (Wildman–Crippen MR) is 70.5 cm³/mol. The summed E-state index contributed by atoms with van der Waals surface area (Å²) in [5, 5.41) is 9.52. The zero-order valence-electron chi connectivity index (χ0n) is 10.6. The topological polar surface area (TPSA) is 42.2 Å². The van der Waals surface area contributed by atoms with Crippen molar-refractivity contribution in [2.24, 2.45) is 0 Å². The molecule has 0 amide bonds. The lowest BCUT2D eigenvalue weighted by molar-refractivity contribution is 0.295. The van der Waals surface area contributed by atoms with Gasteiger partial charge in [0.2, 0.25) is 0 Å². The summed E-state index contributed by atoms with van der Waals surface area (Å²) in [7, 11) is 0. The second-order valence-corrected chi connectivity index (χ2v) is 5.03. The zero-order chi connectivity index (χ0) is 13.1. The molecular formula is C14H16ClNO2. The fourth-order valence-electron chi connectivity index (χ4n) is 2.21. The third-order valence-electron chi connectivity index (χ3n) is 2.97. The van der Waals surface area contributed by atoms with Gasteiger partial charge in [0.05, 0.1) is 25.7 Å². The average Bonchev–Trinajstić information content (AvgIpc) is 2.54. The number of hydrogen-bond acceptors (Lipinski definition) is 3. The number of hydrogen-bond donors (Lipinski definition) is 0. The van der Waals surface area contributed by atoms with Crippen LogP contribution in [0.1, 0.15) is 37.3 Å². The molecule has 96 valence electrons. The molecule has 1 aromatic rings. The van der Waals surface area contributed by atoms with Crippen LogP contribution in [0.2, 0.25) is 5.02 Å². The lowest BCUT2D eigenvalue weighted by atomic mass is 9.94. The Morgan fingerprint density at radius 1 is 1.39 bits per heavy atom. The summed E-state index contributed by atoms with van der Waals surface area (Å²) in [6, 6.07) is 3.93. The summed E-state index contributed by atoms with van der Waals surface area (Å²) in [4.78, 5) is 0. The smallest absolute Gasteiger partial charge is 0.165 e. The molecule has 1 aromatic carbocycles. The quantitative estimate of drug-likeness (QED) is 0.819. The highest BCUT2D eigenvalue weighted by atomic mass is 35.5. The maximum Gasteiger partial charge on any atom is 0.165 e. The number of fused-ring (bicyclic) bond motifs is 1. The van der Waals surface area contributed by atoms with Gasteiger partial charge < -0.3 is 9.47 Å². The normalized spacial score (nSPS) is 14.2. The molecule has 1 aliphatic heterocycles. The highest BCUT2D eigenvalue weighted by Crippen LogP contribution is 2.43. The van der Waals surface area contributed by atoms with Crippen LogP contribution in [-0.2, 0) is 6.42 Å². The van der Waals surface area contributed by atoms with Crippen LogP contribution in [0, 0.1) is 11.3 Å². The minimum absolute atomic E-state index is 0.238. The fourth-order valence-corrected chi connectivity index (χ4v) is 2.47. The zero-order valence-corrected chi connectivity index (χ0v) is 11.4. The Morgan fingerprint density at radius 3 is 2.78 bits per heavy atom. The molecule has 0 aliphatic carbocycles. The number of nitrogens with zero attached hydrogens (tertiary/aromatic N) is 1. The molecule has 0 aromatic heterocycles. The van der Waals surface area contributed by atoms with Crippen LogP contribution in [0.15, 0.2) is 6.07 Å². The first-order valence-corrected chi connectivity index (χ1v) is 6.50. The SMILES string of the molecule is CC(C)c1c(CC#N)c(Cl)cc2c1OCCCO2. The van der Waals surface area contributed by atoms with Gasteiger partial charge in [-0.1, -0.05) is 25.4 Å². The van der Waals surface area contributed by atoms with Crippen molar-refractivity contribution in [1.82, 2.24) is 0 Å². The Bertz CT molecular complexity index is 492. The minimum Gasteiger partial charge on any atom is -0.489 e. The molecule has 0 radical (unpaired) electrons. The van der Waals surface area contributed by atoms with Crippen LogP contribution in [0.25, 0.3) is 0 Å². The van der Waals surface area contributed by atoms with Crippen molar-refractivity contribution in [2.75, 3.05) is 13.2 Å². The number of halogens is 1. The van der Waals surface area contributed by atoms with Crippen molar-refractivity contribution in [1.29, 1.82) is 5.26 Å². The standard InChI is InChI=1S/C14H16ClNO2/c1-9(2)13-10(4-5-16)11(15)8-12-14(13)18-7-3-6-17-12/h8-9H,3-4,6-7H2,1-2H3. The third kappa shape index (κ3) is 2.39. The van der Waals surface area contributed by atoms with Crippen molar-refractivity contribution < 1.29 is 9.47 Å². The van der Waals surface area contributed by atoms with E-state index in [0.29, 0.717) is 30.4 Å². The Balaban J connectivity index is 2.62. The molecule has 3 nitrogen and oxygen atoms in total. The molecule has 1 aliphatic rings. The van der Waals surface area contributed by atoms with Crippen molar-refractivity contribution >= 4 is 11.6 Å². The Kier molecular flexibility index (Phi) is 3.98. The van der Waals surface area contributed by atoms with Crippen molar-refractivity contribution in [2.45, 2.75) is 32.6 Å². The molecule has 0 fully saturated rings. The van der Waals surface area contributed by atoms with Crippen molar-refractivity contribution in [3.63, 3.8) is 0 Å². The minimum atomic E-state index is 0.238. The molecule has 0 saturated heterocycles. The van der Waals surface area contributed by atoms with Crippen LogP contribution in [0.5, 0.6) is 11.5 Å². The molecule has 1 heterocycles. The highest BCUT2D eigenvalue weighted by molar-refractivity contribution is 6.31. The van der Waals surface area contributed by atoms with E-state index in [0.717, 1.165) is 23.3 Å². The molecule has 18 heavy (non-hydrogen) atoms. The molecule has 4 heteroatoms. The van der Waals surface area contributed by atoms with E-state index < -0.39 is 0 Å². The van der Waals surface area contributed by atoms with Gasteiger partial charge in [0.25, 0.3) is 0 Å². The van der Waals surface area contributed by atoms with Gasteiger partial charge in [0.1, 0.15) is 0 Å². The van der Waals surface area contributed by atoms with E-state index in [1.54, 1.807) is 6.07 Å². The van der Waals surface area contributed by atoms with Gasteiger partial charge in [-0.05, 0) is 11.5 Å². The predicted octanol–water partition coefficient (Wildman–Crippen LogP) is 3.69. The molecule has 2 rings (SSSR count). The van der Waals surface area contributed by atoms with E-state index in [1.807, 2.05) is 0 Å². The summed E-state index contributed by atoms with van der Waals surface area (Å²) in [6.45, 7) is 5.42. The Labute approximate surface area is 112 Å². The summed E-state index contributed by atoms with van der Waals surface area (Å²) in [5.74, 6) is 1.70. The van der Waals surface area contributed by atoms with E-state index in [-0.39, 0.29) is 5.92 Å². The largest absolute Gasteiger partial charge is 0.489 e. The van der Waals surface area contributed by atoms with E-state index in [1.165, 1.54) is 0 Å². The maximum atomic E-state index is 8.93. The Hall–Kier alpha value is -1.40. The molecule has 0 N–H and O–H groups in total. The van der Waals surface area contributed by atoms with E-state index in [4.69, 9.17) is 26.3 Å². The molecular weight excluding hydrogens is 250 g/mol. The lowest BCUT2D eigenvalue weighted by Crippen LogP contribution is -2.04. The lowest BCUT2D eigenvalue weighted by Gasteiger charge is -2.19.